The van der Waals surface area contributed by atoms with Gasteiger partial charge in [-0.05, 0) is 0 Å². The van der Waals surface area contributed by atoms with Gasteiger partial charge in [0.15, 0.2) is 0 Å². The Bertz CT molecular complexity index is 6.00. The minimum absolute atomic E-state index is 0. The molecule has 0 fully saturated rings. The Hall–Kier alpha value is 3.38. The van der Waals surface area contributed by atoms with Crippen molar-refractivity contribution in [1.82, 2.24) is 0 Å². The summed E-state index contributed by atoms with van der Waals surface area (Å²) < 4.78 is 8.18. The van der Waals surface area contributed by atoms with E-state index in [1.807, 2.05) is 0 Å². The van der Waals surface area contributed by atoms with Gasteiger partial charge < -0.3 is 0 Å². The molecule has 0 rings (SSSR count). The molecule has 0 aliphatic carbocycles. The van der Waals surface area contributed by atoms with Gasteiger partial charge in [0.2, 0.25) is 0 Å². The molecule has 0 spiro atoms. The van der Waals surface area contributed by atoms with Crippen LogP contribution in [0.4, 0.5) is 0 Å². The van der Waals surface area contributed by atoms with Crippen molar-refractivity contribution in [2.45, 2.75) is 0 Å². The van der Waals surface area contributed by atoms with E-state index in [9.17, 15) is 0 Å². The van der Waals surface area contributed by atoms with E-state index >= 15 is 0 Å². The van der Waals surface area contributed by atoms with Gasteiger partial charge in [-0.15, -0.1) is 0 Å². The maximum absolute atomic E-state index is 8.18. The van der Waals surface area contributed by atoms with E-state index in [1.54, 1.807) is 0 Å². The second-order valence-corrected chi connectivity index (χ2v) is 0. The van der Waals surface area contributed by atoms with Crippen molar-refractivity contribution in [3.8, 4) is 0 Å². The molecule has 0 amide bonds. The van der Waals surface area contributed by atoms with Gasteiger partial charge in [0.1, 0.15) is 0 Å². The molecule has 0 aliphatic rings. The summed E-state index contributed by atoms with van der Waals surface area (Å²) in [6, 6.07) is 0. The van der Waals surface area contributed by atoms with Crippen LogP contribution in [0.25, 0.3) is 0 Å². The molecule has 0 aromatic rings. The molecule has 0 N–H and O–H groups in total. The summed E-state index contributed by atoms with van der Waals surface area (Å²) >= 11 is 1.10. The van der Waals surface area contributed by atoms with E-state index in [0.29, 0.717) is 0 Å². The quantitative estimate of drug-likeness (QED) is 0.475. The molecule has 0 aliphatic heterocycles. The Morgan fingerprint density at radius 3 is 1.00 bits per heavy atom. The van der Waals surface area contributed by atoms with E-state index in [0.717, 1.165) is 18.3 Å². The van der Waals surface area contributed by atoms with Crippen molar-refractivity contribution in [3.05, 3.63) is 0 Å². The number of hydrogen-bond acceptors (Lipinski definition) is 1. The van der Waals surface area contributed by atoms with E-state index < -0.39 is 0 Å². The molecular formula is H4ORuSr2. The summed E-state index contributed by atoms with van der Waals surface area (Å²) in [6.45, 7) is 0. The Morgan fingerprint density at radius 2 is 1.00 bits per heavy atom. The van der Waals surface area contributed by atoms with Crippen LogP contribution in [-0.2, 0) is 21.8 Å². The zero-order chi connectivity index (χ0) is 2.00. The molecule has 0 heterocycles. The Labute approximate surface area is 109 Å². The van der Waals surface area contributed by atoms with E-state index in [4.69, 9.17) is 3.57 Å². The number of rotatable bonds is 0. The van der Waals surface area contributed by atoms with Gasteiger partial charge in [-0.1, -0.05) is 0 Å². The molecule has 0 aromatic carbocycles. The molecule has 0 saturated carbocycles. The fraction of sp³-hybridized carbons (Fsp3) is 0. The van der Waals surface area contributed by atoms with Crippen LogP contribution in [0.15, 0.2) is 0 Å². The zero-order valence-electron chi connectivity index (χ0n) is 0.762. The van der Waals surface area contributed by atoms with Crippen molar-refractivity contribution >= 4 is 91.0 Å². The predicted octanol–water partition coefficient (Wildman–Crippen LogP) is -1.95. The standard InChI is InChI=1S/O.Ru.2Sr.4H. The second-order valence-electron chi connectivity index (χ2n) is 0. The summed E-state index contributed by atoms with van der Waals surface area (Å²) in [7, 11) is 0. The summed E-state index contributed by atoms with van der Waals surface area (Å²) in [5.74, 6) is 0. The molecule has 0 bridgehead atoms. The first-order chi connectivity index (χ1) is 1.00. The zero-order valence-corrected chi connectivity index (χ0v) is 2.50. The maximum atomic E-state index is 8.18. The van der Waals surface area contributed by atoms with Crippen LogP contribution < -0.4 is 0 Å². The minimum atomic E-state index is 0. The predicted molar refractivity (Wildman–Crippen MR) is 17.8 cm³/mol. The van der Waals surface area contributed by atoms with Crippen LogP contribution in [0.5, 0.6) is 0 Å². The van der Waals surface area contributed by atoms with Crippen LogP contribution in [0.3, 0.4) is 0 Å². The van der Waals surface area contributed by atoms with Crippen LogP contribution in [0.2, 0.25) is 0 Å². The molecule has 4 heavy (non-hydrogen) atoms. The van der Waals surface area contributed by atoms with E-state index in [1.165, 1.54) is 0 Å². The topological polar surface area (TPSA) is 17.1 Å². The number of hydrogen-bond donors (Lipinski definition) is 0. The molecule has 1 nitrogen and oxygen atoms in total. The molecule has 22 valence electrons. The average molecular weight is 296 g/mol. The summed E-state index contributed by atoms with van der Waals surface area (Å²) in [4.78, 5) is 0. The molecule has 0 unspecified atom stereocenters. The second kappa shape index (κ2) is 16.2. The van der Waals surface area contributed by atoms with Gasteiger partial charge >= 0.3 is 113 Å². The van der Waals surface area contributed by atoms with Gasteiger partial charge in [-0.3, -0.25) is 0 Å². The van der Waals surface area contributed by atoms with E-state index in [-0.39, 0.29) is 91.0 Å². The SMILES string of the molecule is [O]=[Ru].[SrH2].[SrH2]. The summed E-state index contributed by atoms with van der Waals surface area (Å²) in [5.41, 5.74) is 0. The summed E-state index contributed by atoms with van der Waals surface area (Å²) in [6.07, 6.45) is 0. The Morgan fingerprint density at radius 1 is 1.00 bits per heavy atom. The Balaban J connectivity index is -0.00000000500. The first-order valence-electron chi connectivity index (χ1n) is 0.144. The molecule has 4 heteroatoms. The van der Waals surface area contributed by atoms with Crippen molar-refractivity contribution < 1.29 is 21.8 Å². The first kappa shape index (κ1) is 15.7. The average Bonchev–Trinajstić information content (AvgIpc) is 1.00. The monoisotopic (exact) mass is 298 g/mol. The van der Waals surface area contributed by atoms with Crippen LogP contribution in [0, 0.1) is 0 Å². The summed E-state index contributed by atoms with van der Waals surface area (Å²) in [5, 5.41) is 0. The van der Waals surface area contributed by atoms with Crippen molar-refractivity contribution in [3.63, 3.8) is 0 Å². The van der Waals surface area contributed by atoms with Crippen LogP contribution >= 0.6 is 0 Å². The third kappa shape index (κ3) is 9.04. The first-order valence-corrected chi connectivity index (χ1v) is 0.854. The van der Waals surface area contributed by atoms with Crippen LogP contribution in [0.1, 0.15) is 0 Å². The van der Waals surface area contributed by atoms with Gasteiger partial charge in [-0.2, -0.15) is 0 Å². The van der Waals surface area contributed by atoms with Gasteiger partial charge in [0.25, 0.3) is 0 Å². The van der Waals surface area contributed by atoms with Crippen molar-refractivity contribution in [1.29, 1.82) is 0 Å². The van der Waals surface area contributed by atoms with Gasteiger partial charge in [0, 0.05) is 0 Å². The third-order valence-electron chi connectivity index (χ3n) is 0. The van der Waals surface area contributed by atoms with E-state index in [2.05, 4.69) is 0 Å². The van der Waals surface area contributed by atoms with Crippen molar-refractivity contribution in [2.24, 2.45) is 0 Å². The molecule has 0 atom stereocenters. The Kier molecular flexibility index (Phi) is 63.3. The molecule has 0 radical (unpaired) electrons. The third-order valence-corrected chi connectivity index (χ3v) is 0. The molecule has 0 saturated heterocycles. The molecule has 0 aromatic heterocycles. The normalized spacial score (nSPS) is 1.25. The van der Waals surface area contributed by atoms with Crippen LogP contribution in [-0.4, -0.2) is 91.0 Å². The van der Waals surface area contributed by atoms with Gasteiger partial charge in [0.05, 0.1) is 0 Å². The van der Waals surface area contributed by atoms with Crippen molar-refractivity contribution in [2.75, 3.05) is 0 Å². The van der Waals surface area contributed by atoms with Gasteiger partial charge in [-0.25, -0.2) is 0 Å². The molecular weight excluding hydrogens is 292 g/mol. The fourth-order valence-electron chi connectivity index (χ4n) is 0. The fourth-order valence-corrected chi connectivity index (χ4v) is 0.